The zero-order valence-corrected chi connectivity index (χ0v) is 30.6. The molecule has 280 valence electrons. The molecule has 4 atom stereocenters. The predicted octanol–water partition coefficient (Wildman–Crippen LogP) is 9.79. The van der Waals surface area contributed by atoms with E-state index in [-0.39, 0.29) is 43.2 Å². The zero-order chi connectivity index (χ0) is 38.0. The summed E-state index contributed by atoms with van der Waals surface area (Å²) in [5, 5.41) is 25.9. The average molecular weight is 728 g/mol. The van der Waals surface area contributed by atoms with Gasteiger partial charge in [0, 0.05) is 23.1 Å². The summed E-state index contributed by atoms with van der Waals surface area (Å²) in [7, 11) is 0. The molecule has 2 bridgehead atoms. The highest BCUT2D eigenvalue weighted by Crippen LogP contribution is 2.59. The molecule has 9 heteroatoms. The van der Waals surface area contributed by atoms with Crippen LogP contribution in [0.25, 0.3) is 10.8 Å². The van der Waals surface area contributed by atoms with E-state index >= 15 is 0 Å². The number of rotatable bonds is 7. The van der Waals surface area contributed by atoms with Gasteiger partial charge >= 0.3 is 12.3 Å². The van der Waals surface area contributed by atoms with Gasteiger partial charge in [0.25, 0.3) is 0 Å². The Morgan fingerprint density at radius 1 is 0.962 bits per heavy atom. The Hall–Kier alpha value is -4.47. The number of ketones is 1. The van der Waals surface area contributed by atoms with Crippen LogP contribution in [0.4, 0.5) is 18.0 Å². The summed E-state index contributed by atoms with van der Waals surface area (Å²) in [5.74, 6) is -0.929. The van der Waals surface area contributed by atoms with Gasteiger partial charge in [-0.05, 0) is 110 Å². The number of fused-ring (bicyclic) bond motifs is 9. The summed E-state index contributed by atoms with van der Waals surface area (Å²) in [4.78, 5) is 29.6. The Morgan fingerprint density at radius 3 is 2.49 bits per heavy atom. The Morgan fingerprint density at radius 2 is 1.72 bits per heavy atom. The maximum atomic E-state index is 14.3. The third kappa shape index (κ3) is 8.06. The minimum atomic E-state index is -4.62. The van der Waals surface area contributed by atoms with Crippen molar-refractivity contribution < 1.29 is 37.7 Å². The summed E-state index contributed by atoms with van der Waals surface area (Å²) in [6.07, 6.45) is -0.322. The number of aliphatic hydroxyl groups is 2. The second kappa shape index (κ2) is 15.5. The summed E-state index contributed by atoms with van der Waals surface area (Å²) in [6.45, 7) is 6.14. The van der Waals surface area contributed by atoms with Crippen molar-refractivity contribution in [3.8, 4) is 0 Å². The van der Waals surface area contributed by atoms with Crippen LogP contribution in [0.3, 0.4) is 0 Å². The van der Waals surface area contributed by atoms with Crippen molar-refractivity contribution in [2.75, 3.05) is 13.2 Å². The molecule has 0 aliphatic heterocycles. The fourth-order valence-electron chi connectivity index (χ4n) is 8.54. The first-order chi connectivity index (χ1) is 25.2. The summed E-state index contributed by atoms with van der Waals surface area (Å²) in [5.41, 5.74) is 0.351. The molecule has 3 aliphatic carbocycles. The van der Waals surface area contributed by atoms with E-state index < -0.39 is 40.7 Å². The van der Waals surface area contributed by atoms with E-state index in [0.717, 1.165) is 34.0 Å². The number of hydrogen-bond acceptors (Lipinski definition) is 5. The van der Waals surface area contributed by atoms with Crippen LogP contribution >= 0.6 is 0 Å². The van der Waals surface area contributed by atoms with Crippen LogP contribution in [-0.2, 0) is 23.9 Å². The van der Waals surface area contributed by atoms with Gasteiger partial charge in [0.1, 0.15) is 0 Å². The lowest BCUT2D eigenvalue weighted by molar-refractivity contribution is -0.137. The molecule has 2 N–H and O–H groups in total. The second-order valence-corrected chi connectivity index (χ2v) is 15.0. The minimum absolute atomic E-state index is 0.0219. The molecule has 1 amide bonds. The van der Waals surface area contributed by atoms with Gasteiger partial charge in [-0.3, -0.25) is 4.79 Å². The van der Waals surface area contributed by atoms with Crippen LogP contribution in [0.2, 0.25) is 0 Å². The number of ether oxygens (including phenoxy) is 1. The molecule has 0 radical (unpaired) electrons. The van der Waals surface area contributed by atoms with Crippen molar-refractivity contribution in [1.29, 1.82) is 0 Å². The summed E-state index contributed by atoms with van der Waals surface area (Å²) < 4.78 is 46.8. The van der Waals surface area contributed by atoms with E-state index in [2.05, 4.69) is 6.08 Å². The number of aliphatic hydroxyl groups excluding tert-OH is 1. The van der Waals surface area contributed by atoms with Crippen LogP contribution < -0.4 is 0 Å². The number of alkyl halides is 3. The molecular weight excluding hydrogens is 679 g/mol. The molecule has 4 aromatic rings. The number of amides is 1. The zero-order valence-electron chi connectivity index (χ0n) is 30.6. The Balaban J connectivity index is 1.44. The van der Waals surface area contributed by atoms with Gasteiger partial charge in [-0.2, -0.15) is 13.2 Å². The van der Waals surface area contributed by atoms with Gasteiger partial charge in [0.05, 0.1) is 30.4 Å². The normalized spacial score (nSPS) is 23.6. The Bertz CT molecular complexity index is 2000. The Labute approximate surface area is 309 Å². The standard InChI is InChI=1S/C44H48F3NO5/c1-4-53-41(51)48(27-33-14-7-12-31-11-5-6-16-36(31)33)28-43(52)23-21-39-37-20-18-30(24-35(49)19-17-29(2)10-9-22-42(39,43)3)25-38(37)40(50)32-13-8-15-34(26-32)44(45,46)47/h5-8,10-16,18,20,25-26,35,39,49,52H,4,9,17,19,21-24,27-28H2,1-3H3/t35-,39-,42-,43+/m0/s1. The van der Waals surface area contributed by atoms with Crippen molar-refractivity contribution >= 4 is 22.6 Å². The number of hydrogen-bond donors (Lipinski definition) is 2. The fourth-order valence-corrected chi connectivity index (χ4v) is 8.54. The van der Waals surface area contributed by atoms with Gasteiger partial charge < -0.3 is 19.8 Å². The molecule has 1 fully saturated rings. The van der Waals surface area contributed by atoms with Gasteiger partial charge in [-0.1, -0.05) is 85.3 Å². The maximum Gasteiger partial charge on any atom is 0.416 e. The van der Waals surface area contributed by atoms with Crippen molar-refractivity contribution in [3.63, 3.8) is 0 Å². The topological polar surface area (TPSA) is 87.1 Å². The molecule has 53 heavy (non-hydrogen) atoms. The van der Waals surface area contributed by atoms with Crippen LogP contribution in [-0.4, -0.2) is 51.8 Å². The monoisotopic (exact) mass is 727 g/mol. The predicted molar refractivity (Wildman–Crippen MR) is 200 cm³/mol. The van der Waals surface area contributed by atoms with E-state index in [1.54, 1.807) is 17.9 Å². The van der Waals surface area contributed by atoms with Crippen molar-refractivity contribution in [3.05, 3.63) is 130 Å². The minimum Gasteiger partial charge on any atom is -0.450 e. The SMILES string of the molecule is CCOC(=O)N(Cc1cccc2ccccc12)C[C@]1(O)CC[C@H]2c3ccc(cc3C(=O)c3cccc(C(F)(F)F)c3)C[C@@H](O)CCC(C)=CCC[C@@]21C. The second-order valence-electron chi connectivity index (χ2n) is 15.0. The highest BCUT2D eigenvalue weighted by atomic mass is 19.4. The molecule has 1 saturated carbocycles. The van der Waals surface area contributed by atoms with E-state index in [0.29, 0.717) is 49.7 Å². The third-order valence-electron chi connectivity index (χ3n) is 11.6. The van der Waals surface area contributed by atoms with Crippen LogP contribution in [0.15, 0.2) is 96.6 Å². The maximum absolute atomic E-state index is 14.3. The molecule has 0 spiro atoms. The van der Waals surface area contributed by atoms with Gasteiger partial charge in [-0.15, -0.1) is 0 Å². The van der Waals surface area contributed by atoms with E-state index in [1.165, 1.54) is 12.1 Å². The smallest absolute Gasteiger partial charge is 0.416 e. The molecule has 6 nitrogen and oxygen atoms in total. The van der Waals surface area contributed by atoms with Crippen molar-refractivity contribution in [1.82, 2.24) is 4.90 Å². The third-order valence-corrected chi connectivity index (χ3v) is 11.6. The molecule has 0 saturated heterocycles. The first kappa shape index (κ1) is 38.3. The lowest BCUT2D eigenvalue weighted by atomic mass is 9.64. The van der Waals surface area contributed by atoms with Crippen LogP contribution in [0, 0.1) is 5.41 Å². The number of allylic oxidation sites excluding steroid dienone is 2. The average Bonchev–Trinajstić information content (AvgIpc) is 3.38. The molecule has 7 rings (SSSR count). The number of benzene rings is 4. The number of carbonyl (C=O) groups is 2. The quantitative estimate of drug-likeness (QED) is 0.146. The van der Waals surface area contributed by atoms with Crippen molar-refractivity contribution in [2.45, 2.75) is 96.1 Å². The van der Waals surface area contributed by atoms with Crippen molar-refractivity contribution in [2.24, 2.45) is 5.41 Å². The van der Waals surface area contributed by atoms with E-state index in [1.807, 2.05) is 68.4 Å². The van der Waals surface area contributed by atoms with Crippen LogP contribution in [0.1, 0.15) is 103 Å². The fraction of sp³-hybridized carbons (Fsp3) is 0.409. The number of nitrogens with zero attached hydrogens (tertiary/aromatic N) is 1. The molecular formula is C44H48F3NO5. The summed E-state index contributed by atoms with van der Waals surface area (Å²) in [6, 6.07) is 23.7. The summed E-state index contributed by atoms with van der Waals surface area (Å²) >= 11 is 0. The lowest BCUT2D eigenvalue weighted by Crippen LogP contribution is -2.53. The van der Waals surface area contributed by atoms with E-state index in [9.17, 15) is 33.0 Å². The first-order valence-corrected chi connectivity index (χ1v) is 18.5. The lowest BCUT2D eigenvalue weighted by Gasteiger charge is -2.46. The van der Waals surface area contributed by atoms with E-state index in [4.69, 9.17) is 4.74 Å². The van der Waals surface area contributed by atoms with Gasteiger partial charge in [0.15, 0.2) is 5.78 Å². The van der Waals surface area contributed by atoms with Gasteiger partial charge in [-0.25, -0.2) is 4.79 Å². The highest BCUT2D eigenvalue weighted by molar-refractivity contribution is 6.10. The first-order valence-electron chi connectivity index (χ1n) is 18.5. The Kier molecular flexibility index (Phi) is 11.2. The molecule has 0 aromatic heterocycles. The number of carbonyl (C=O) groups excluding carboxylic acids is 2. The highest BCUT2D eigenvalue weighted by Gasteiger charge is 2.58. The molecule has 0 unspecified atom stereocenters. The largest absolute Gasteiger partial charge is 0.450 e. The molecule has 0 heterocycles. The molecule has 3 aliphatic rings. The van der Waals surface area contributed by atoms with Gasteiger partial charge in [0.2, 0.25) is 0 Å². The number of halogens is 3. The molecule has 4 aromatic carbocycles. The van der Waals surface area contributed by atoms with Crippen LogP contribution in [0.5, 0.6) is 0 Å².